The first-order chi connectivity index (χ1) is 21.0. The van der Waals surface area contributed by atoms with Gasteiger partial charge in [0.05, 0.1) is 11.1 Å². The summed E-state index contributed by atoms with van der Waals surface area (Å²) in [6.45, 7) is 0. The summed E-state index contributed by atoms with van der Waals surface area (Å²) in [5.41, 5.74) is 4.94. The molecule has 1 heterocycles. The van der Waals surface area contributed by atoms with Crippen LogP contribution >= 0.6 is 0 Å². The average Bonchev–Trinajstić information content (AvgIpc) is 3.03. The smallest absolute Gasteiger partial charge is 0.255 e. The highest BCUT2D eigenvalue weighted by Gasteiger charge is 2.33. The summed E-state index contributed by atoms with van der Waals surface area (Å²) in [6.07, 6.45) is -2.34. The van der Waals surface area contributed by atoms with Crippen LogP contribution < -0.4 is 0 Å². The van der Waals surface area contributed by atoms with E-state index in [-0.39, 0.29) is 5.52 Å². The maximum absolute atomic E-state index is 14.1. The Bertz CT molecular complexity index is 2290. The third kappa shape index (κ3) is 4.21. The summed E-state index contributed by atoms with van der Waals surface area (Å²) >= 11 is 0. The first kappa shape index (κ1) is 25.5. The van der Waals surface area contributed by atoms with Gasteiger partial charge in [0, 0.05) is 11.6 Å². The standard InChI is InChI=1S/C39H24F3N/c40-39(41,42)34-14-6-13-33-35(30(23-43-38(33)34)21-24-7-2-1-3-8-24)29-12-5-11-28(22-29)31-19-17-27-16-15-25-9-4-10-26-18-20-32(31)37(27)36(25)26/h1-20,22-23H,21H2. The number of pyridine rings is 1. The van der Waals surface area contributed by atoms with Crippen molar-refractivity contribution < 1.29 is 13.2 Å². The van der Waals surface area contributed by atoms with E-state index in [4.69, 9.17) is 0 Å². The van der Waals surface area contributed by atoms with Gasteiger partial charge in [-0.15, -0.1) is 0 Å². The van der Waals surface area contributed by atoms with Crippen LogP contribution in [-0.2, 0) is 12.6 Å². The van der Waals surface area contributed by atoms with E-state index in [9.17, 15) is 13.2 Å². The molecule has 1 aromatic heterocycles. The Hall–Kier alpha value is -5.22. The predicted molar refractivity (Wildman–Crippen MR) is 171 cm³/mol. The molecule has 4 heteroatoms. The number of hydrogen-bond acceptors (Lipinski definition) is 1. The minimum absolute atomic E-state index is 0.0325. The van der Waals surface area contributed by atoms with Gasteiger partial charge >= 0.3 is 6.18 Å². The molecule has 0 atom stereocenters. The number of hydrogen-bond donors (Lipinski definition) is 0. The maximum atomic E-state index is 14.1. The molecule has 0 spiro atoms. The van der Waals surface area contributed by atoms with Gasteiger partial charge in [-0.3, -0.25) is 4.98 Å². The van der Waals surface area contributed by atoms with E-state index in [1.807, 2.05) is 42.5 Å². The van der Waals surface area contributed by atoms with Crippen molar-refractivity contribution in [3.05, 3.63) is 150 Å². The van der Waals surface area contributed by atoms with Crippen LogP contribution in [0.4, 0.5) is 13.2 Å². The predicted octanol–water partition coefficient (Wildman–Crippen LogP) is 11.1. The van der Waals surface area contributed by atoms with Crippen LogP contribution in [0.15, 0.2) is 134 Å². The highest BCUT2D eigenvalue weighted by molar-refractivity contribution is 6.25. The lowest BCUT2D eigenvalue weighted by atomic mass is 9.87. The van der Waals surface area contributed by atoms with Gasteiger partial charge in [0.2, 0.25) is 0 Å². The molecule has 206 valence electrons. The molecule has 0 fully saturated rings. The second kappa shape index (κ2) is 9.67. The molecule has 43 heavy (non-hydrogen) atoms. The number of fused-ring (bicyclic) bond motifs is 1. The summed E-state index contributed by atoms with van der Waals surface area (Å²) in [5.74, 6) is 0. The van der Waals surface area contributed by atoms with Crippen LogP contribution in [0.3, 0.4) is 0 Å². The van der Waals surface area contributed by atoms with Crippen LogP contribution in [0.25, 0.3) is 65.5 Å². The number of nitrogens with zero attached hydrogens (tertiary/aromatic N) is 1. The molecule has 0 aliphatic heterocycles. The van der Waals surface area contributed by atoms with Crippen molar-refractivity contribution in [2.45, 2.75) is 12.6 Å². The summed E-state index contributed by atoms with van der Waals surface area (Å²) < 4.78 is 42.2. The lowest BCUT2D eigenvalue weighted by molar-refractivity contribution is -0.136. The third-order valence-corrected chi connectivity index (χ3v) is 8.51. The molecule has 0 unspecified atom stereocenters. The minimum atomic E-state index is -4.51. The second-order valence-electron chi connectivity index (χ2n) is 11.1. The Labute approximate surface area is 246 Å². The minimum Gasteiger partial charge on any atom is -0.255 e. The van der Waals surface area contributed by atoms with Gasteiger partial charge in [-0.25, -0.2) is 0 Å². The van der Waals surface area contributed by atoms with Gasteiger partial charge in [0.15, 0.2) is 0 Å². The van der Waals surface area contributed by atoms with E-state index in [1.165, 1.54) is 33.0 Å². The third-order valence-electron chi connectivity index (χ3n) is 8.51. The summed E-state index contributed by atoms with van der Waals surface area (Å²) in [6, 6.07) is 41.9. The van der Waals surface area contributed by atoms with Crippen molar-refractivity contribution >= 4 is 43.2 Å². The number of benzene rings is 7. The number of alkyl halides is 3. The molecule has 0 N–H and O–H groups in total. The van der Waals surface area contributed by atoms with Gasteiger partial charge < -0.3 is 0 Å². The Balaban J connectivity index is 1.37. The lowest BCUT2D eigenvalue weighted by Gasteiger charge is -2.18. The molecular weight excluding hydrogens is 539 g/mol. The van der Waals surface area contributed by atoms with Crippen molar-refractivity contribution in [2.75, 3.05) is 0 Å². The molecule has 7 aromatic carbocycles. The average molecular weight is 564 g/mol. The zero-order valence-corrected chi connectivity index (χ0v) is 23.0. The zero-order chi connectivity index (χ0) is 29.1. The van der Waals surface area contributed by atoms with E-state index < -0.39 is 11.7 Å². The quantitative estimate of drug-likeness (QED) is 0.194. The molecule has 0 bridgehead atoms. The topological polar surface area (TPSA) is 12.9 Å². The van der Waals surface area contributed by atoms with Crippen LogP contribution in [0.1, 0.15) is 16.7 Å². The molecule has 8 rings (SSSR count). The molecule has 1 nitrogen and oxygen atoms in total. The Kier molecular flexibility index (Phi) is 5.73. The zero-order valence-electron chi connectivity index (χ0n) is 23.0. The second-order valence-corrected chi connectivity index (χ2v) is 11.1. The van der Waals surface area contributed by atoms with Crippen LogP contribution in [0, 0.1) is 0 Å². The van der Waals surface area contributed by atoms with Crippen molar-refractivity contribution in [1.29, 1.82) is 0 Å². The SMILES string of the molecule is FC(F)(F)c1cccc2c(-c3cccc(-c4ccc5ccc6cccc7ccc4c5c67)c3)c(Cc3ccccc3)cnc12. The van der Waals surface area contributed by atoms with Crippen LogP contribution in [-0.4, -0.2) is 4.98 Å². The van der Waals surface area contributed by atoms with Gasteiger partial charge in [0.25, 0.3) is 0 Å². The van der Waals surface area contributed by atoms with Gasteiger partial charge in [-0.2, -0.15) is 13.2 Å². The molecule has 0 aliphatic carbocycles. The summed E-state index contributed by atoms with van der Waals surface area (Å²) in [4.78, 5) is 4.38. The fourth-order valence-corrected chi connectivity index (χ4v) is 6.61. The highest BCUT2D eigenvalue weighted by Crippen LogP contribution is 2.42. The van der Waals surface area contributed by atoms with Crippen LogP contribution in [0.5, 0.6) is 0 Å². The van der Waals surface area contributed by atoms with Gasteiger partial charge in [-0.05, 0) is 84.3 Å². The Morgan fingerprint density at radius 3 is 2.02 bits per heavy atom. The largest absolute Gasteiger partial charge is 0.418 e. The van der Waals surface area contributed by atoms with E-state index >= 15 is 0 Å². The summed E-state index contributed by atoms with van der Waals surface area (Å²) in [7, 11) is 0. The van der Waals surface area contributed by atoms with Crippen LogP contribution in [0.2, 0.25) is 0 Å². The van der Waals surface area contributed by atoms with Crippen molar-refractivity contribution in [3.8, 4) is 22.3 Å². The van der Waals surface area contributed by atoms with E-state index in [0.29, 0.717) is 11.8 Å². The monoisotopic (exact) mass is 563 g/mol. The number of para-hydroxylation sites is 1. The molecule has 8 aromatic rings. The van der Waals surface area contributed by atoms with E-state index in [0.717, 1.165) is 44.8 Å². The Morgan fingerprint density at radius 1 is 0.558 bits per heavy atom. The van der Waals surface area contributed by atoms with E-state index in [2.05, 4.69) is 71.7 Å². The Morgan fingerprint density at radius 2 is 1.23 bits per heavy atom. The number of aromatic nitrogens is 1. The van der Waals surface area contributed by atoms with E-state index in [1.54, 1.807) is 12.3 Å². The van der Waals surface area contributed by atoms with Crippen molar-refractivity contribution in [2.24, 2.45) is 0 Å². The maximum Gasteiger partial charge on any atom is 0.418 e. The number of halogens is 3. The van der Waals surface area contributed by atoms with Gasteiger partial charge in [-0.1, -0.05) is 115 Å². The summed E-state index contributed by atoms with van der Waals surface area (Å²) in [5, 5.41) is 7.72. The molecule has 0 saturated heterocycles. The molecular formula is C39H24F3N. The van der Waals surface area contributed by atoms with Gasteiger partial charge in [0.1, 0.15) is 0 Å². The fraction of sp³-hybridized carbons (Fsp3) is 0.0513. The highest BCUT2D eigenvalue weighted by atomic mass is 19.4. The normalized spacial score (nSPS) is 12.2. The molecule has 0 amide bonds. The lowest BCUT2D eigenvalue weighted by Crippen LogP contribution is -2.07. The first-order valence-electron chi connectivity index (χ1n) is 14.2. The fourth-order valence-electron chi connectivity index (χ4n) is 6.61. The molecule has 0 aliphatic rings. The number of rotatable bonds is 4. The molecule has 0 radical (unpaired) electrons. The van der Waals surface area contributed by atoms with Crippen molar-refractivity contribution in [3.63, 3.8) is 0 Å². The first-order valence-corrected chi connectivity index (χ1v) is 14.2. The van der Waals surface area contributed by atoms with Crippen molar-refractivity contribution in [1.82, 2.24) is 4.98 Å². The molecule has 0 saturated carbocycles.